The minimum absolute atomic E-state index is 0.624. The average Bonchev–Trinajstić information content (AvgIpc) is 2.39. The summed E-state index contributed by atoms with van der Waals surface area (Å²) >= 11 is 0. The minimum Gasteiger partial charge on any atom is -0.361 e. The lowest BCUT2D eigenvalue weighted by Gasteiger charge is -2.04. The summed E-state index contributed by atoms with van der Waals surface area (Å²) in [5.74, 6) is 0. The first-order chi connectivity index (χ1) is 7.83. The van der Waals surface area contributed by atoms with E-state index >= 15 is 0 Å². The van der Waals surface area contributed by atoms with Crippen molar-refractivity contribution in [3.05, 3.63) is 65.7 Å². The third-order valence-electron chi connectivity index (χ3n) is 2.55. The van der Waals surface area contributed by atoms with Crippen LogP contribution >= 0.6 is 0 Å². The lowest BCUT2D eigenvalue weighted by Crippen LogP contribution is -1.98. The van der Waals surface area contributed by atoms with Crippen molar-refractivity contribution in [1.82, 2.24) is 0 Å². The topological polar surface area (TPSA) is 36.4 Å². The van der Waals surface area contributed by atoms with Crippen molar-refractivity contribution in [1.29, 1.82) is 0 Å². The number of rotatable bonds is 2. The molecule has 0 atom stereocenters. The highest BCUT2D eigenvalue weighted by Crippen LogP contribution is 2.23. The van der Waals surface area contributed by atoms with E-state index in [-0.39, 0.29) is 0 Å². The molecule has 16 heavy (non-hydrogen) atoms. The zero-order chi connectivity index (χ0) is 11.4. The molecule has 0 radical (unpaired) electrons. The van der Waals surface area contributed by atoms with Crippen LogP contribution in [0.3, 0.4) is 0 Å². The van der Waals surface area contributed by atoms with E-state index in [9.17, 15) is 0 Å². The largest absolute Gasteiger partial charge is 0.361 e. The van der Waals surface area contributed by atoms with E-state index in [0.29, 0.717) is 5.71 Å². The van der Waals surface area contributed by atoms with Gasteiger partial charge in [0.25, 0.3) is 5.71 Å². The van der Waals surface area contributed by atoms with Crippen LogP contribution in [-0.2, 0) is 0 Å². The molecule has 2 heteroatoms. The van der Waals surface area contributed by atoms with Gasteiger partial charge < -0.3 is 5.53 Å². The summed E-state index contributed by atoms with van der Waals surface area (Å²) in [6, 6.07) is 18.0. The molecule has 0 N–H and O–H groups in total. The molecule has 0 spiro atoms. The average molecular weight is 208 g/mol. The first-order valence-electron chi connectivity index (χ1n) is 5.16. The molecule has 2 aromatic rings. The van der Waals surface area contributed by atoms with E-state index < -0.39 is 0 Å². The van der Waals surface area contributed by atoms with Gasteiger partial charge in [-0.2, -0.15) is 4.79 Å². The van der Waals surface area contributed by atoms with Gasteiger partial charge in [0.05, 0.1) is 5.56 Å². The molecule has 0 unspecified atom stereocenters. The van der Waals surface area contributed by atoms with Crippen molar-refractivity contribution in [2.45, 2.75) is 6.92 Å². The number of hydrogen-bond acceptors (Lipinski definition) is 0. The summed E-state index contributed by atoms with van der Waals surface area (Å²) in [6.07, 6.45) is 0. The smallest absolute Gasteiger partial charge is 0.296 e. The normalized spacial score (nSPS) is 9.56. The number of benzene rings is 2. The van der Waals surface area contributed by atoms with Crippen LogP contribution in [0.2, 0.25) is 0 Å². The van der Waals surface area contributed by atoms with Gasteiger partial charge in [-0.1, -0.05) is 48.5 Å². The molecule has 0 bridgehead atoms. The maximum Gasteiger partial charge on any atom is 0.296 e. The van der Waals surface area contributed by atoms with Crippen LogP contribution in [0.25, 0.3) is 16.7 Å². The molecule has 2 rings (SSSR count). The maximum atomic E-state index is 8.85. The van der Waals surface area contributed by atoms with Crippen LogP contribution in [0.4, 0.5) is 0 Å². The Bertz CT molecular complexity index is 538. The predicted octanol–water partition coefficient (Wildman–Crippen LogP) is 3.39. The highest BCUT2D eigenvalue weighted by molar-refractivity contribution is 6.00. The van der Waals surface area contributed by atoms with Gasteiger partial charge in [-0.05, 0) is 17.2 Å². The van der Waals surface area contributed by atoms with Crippen molar-refractivity contribution in [2.75, 3.05) is 0 Å². The quantitative estimate of drug-likeness (QED) is 0.412. The van der Waals surface area contributed by atoms with Crippen molar-refractivity contribution >= 4 is 5.71 Å². The Labute approximate surface area is 94.8 Å². The fourth-order valence-corrected chi connectivity index (χ4v) is 1.72. The van der Waals surface area contributed by atoms with Crippen LogP contribution in [-0.4, -0.2) is 10.5 Å². The number of nitrogens with zero attached hydrogens (tertiary/aromatic N) is 2. The van der Waals surface area contributed by atoms with Gasteiger partial charge in [0.15, 0.2) is 0 Å². The third kappa shape index (κ3) is 1.92. The fraction of sp³-hybridized carbons (Fsp3) is 0.0714. The molecule has 0 fully saturated rings. The van der Waals surface area contributed by atoms with E-state index in [1.54, 1.807) is 6.92 Å². The zero-order valence-electron chi connectivity index (χ0n) is 9.09. The zero-order valence-corrected chi connectivity index (χ0v) is 9.09. The lowest BCUT2D eigenvalue weighted by molar-refractivity contribution is -0.00455. The van der Waals surface area contributed by atoms with E-state index in [4.69, 9.17) is 5.53 Å². The van der Waals surface area contributed by atoms with Gasteiger partial charge in [-0.25, -0.2) is 0 Å². The molecular weight excluding hydrogens is 196 g/mol. The van der Waals surface area contributed by atoms with E-state index in [2.05, 4.69) is 4.79 Å². The molecule has 0 aliphatic carbocycles. The lowest BCUT2D eigenvalue weighted by atomic mass is 9.97. The van der Waals surface area contributed by atoms with E-state index in [1.807, 2.05) is 54.6 Å². The molecule has 0 heterocycles. The summed E-state index contributed by atoms with van der Waals surface area (Å²) in [6.45, 7) is 1.79. The van der Waals surface area contributed by atoms with Crippen LogP contribution in [0, 0.1) is 0 Å². The number of hydrogen-bond donors (Lipinski definition) is 0. The van der Waals surface area contributed by atoms with Crippen molar-refractivity contribution in [3.8, 4) is 11.1 Å². The van der Waals surface area contributed by atoms with Crippen molar-refractivity contribution in [2.24, 2.45) is 0 Å². The standard InChI is InChI=1S/C14H12N2/c1-11(16-15)13-9-5-6-10-14(13)12-7-3-2-4-8-12/h2-10H,1H3. The second-order valence-corrected chi connectivity index (χ2v) is 3.60. The molecule has 2 nitrogen and oxygen atoms in total. The minimum atomic E-state index is 0.624. The second-order valence-electron chi connectivity index (χ2n) is 3.60. The van der Waals surface area contributed by atoms with Gasteiger partial charge in [-0.15, -0.1) is 0 Å². The Kier molecular flexibility index (Phi) is 2.95. The highest BCUT2D eigenvalue weighted by Gasteiger charge is 2.11. The van der Waals surface area contributed by atoms with E-state index in [0.717, 1.165) is 16.7 Å². The first-order valence-corrected chi connectivity index (χ1v) is 5.16. The molecule has 0 saturated carbocycles. The Morgan fingerprint density at radius 3 is 2.25 bits per heavy atom. The molecule has 78 valence electrons. The van der Waals surface area contributed by atoms with Gasteiger partial charge >= 0.3 is 0 Å². The van der Waals surface area contributed by atoms with Crippen LogP contribution in [0.1, 0.15) is 12.5 Å². The molecular formula is C14H12N2. The summed E-state index contributed by atoms with van der Waals surface area (Å²) in [7, 11) is 0. The summed E-state index contributed by atoms with van der Waals surface area (Å²) in [5.41, 5.74) is 12.6. The summed E-state index contributed by atoms with van der Waals surface area (Å²) in [5, 5.41) is 0. The molecule has 0 aliphatic heterocycles. The van der Waals surface area contributed by atoms with Crippen LogP contribution in [0.15, 0.2) is 54.6 Å². The Hall–Kier alpha value is -2.18. The Morgan fingerprint density at radius 1 is 0.938 bits per heavy atom. The van der Waals surface area contributed by atoms with Gasteiger partial charge in [0.2, 0.25) is 0 Å². The molecule has 0 amide bonds. The van der Waals surface area contributed by atoms with Crippen LogP contribution < -0.4 is 0 Å². The van der Waals surface area contributed by atoms with E-state index in [1.165, 1.54) is 0 Å². The summed E-state index contributed by atoms with van der Waals surface area (Å²) < 4.78 is 0. The molecule has 0 aromatic heterocycles. The van der Waals surface area contributed by atoms with Crippen molar-refractivity contribution < 1.29 is 4.79 Å². The first kappa shape index (κ1) is 10.3. The summed E-state index contributed by atoms with van der Waals surface area (Å²) in [4.78, 5) is 3.26. The SMILES string of the molecule is CC(=[N+]=[N-])c1ccccc1-c1ccccc1. The predicted molar refractivity (Wildman–Crippen MR) is 65.3 cm³/mol. The Morgan fingerprint density at radius 2 is 1.56 bits per heavy atom. The Balaban J connectivity index is 2.62. The third-order valence-corrected chi connectivity index (χ3v) is 2.55. The fourth-order valence-electron chi connectivity index (χ4n) is 1.72. The molecule has 2 aromatic carbocycles. The second kappa shape index (κ2) is 4.56. The van der Waals surface area contributed by atoms with Gasteiger partial charge in [0.1, 0.15) is 0 Å². The molecule has 0 aliphatic rings. The van der Waals surface area contributed by atoms with Crippen molar-refractivity contribution in [3.63, 3.8) is 0 Å². The monoisotopic (exact) mass is 208 g/mol. The van der Waals surface area contributed by atoms with Gasteiger partial charge in [-0.3, -0.25) is 0 Å². The van der Waals surface area contributed by atoms with Crippen LogP contribution in [0.5, 0.6) is 0 Å². The highest BCUT2D eigenvalue weighted by atomic mass is 14.8. The van der Waals surface area contributed by atoms with Gasteiger partial charge in [0, 0.05) is 6.92 Å². The maximum absolute atomic E-state index is 8.85. The molecule has 0 saturated heterocycles.